The summed E-state index contributed by atoms with van der Waals surface area (Å²) in [7, 11) is -0.973. The predicted molar refractivity (Wildman–Crippen MR) is 194 cm³/mol. The van der Waals surface area contributed by atoms with Crippen LogP contribution in [0.1, 0.15) is 70.4 Å². The van der Waals surface area contributed by atoms with E-state index in [9.17, 15) is 19.7 Å². The second kappa shape index (κ2) is 14.3. The van der Waals surface area contributed by atoms with Crippen molar-refractivity contribution in [1.82, 2.24) is 9.80 Å². The fourth-order valence-electron chi connectivity index (χ4n) is 9.13. The van der Waals surface area contributed by atoms with E-state index in [0.717, 1.165) is 67.2 Å². The third-order valence-corrected chi connectivity index (χ3v) is 11.6. The Hall–Kier alpha value is -3.72. The molecule has 3 aromatic carbocycles. The number of fused-ring (bicyclic) bond motifs is 4. The number of allylic oxidation sites excluding steroid dienone is 2. The van der Waals surface area contributed by atoms with Gasteiger partial charge in [0, 0.05) is 31.1 Å². The zero-order valence-corrected chi connectivity index (χ0v) is 29.1. The van der Waals surface area contributed by atoms with Gasteiger partial charge >= 0.3 is 7.12 Å². The summed E-state index contributed by atoms with van der Waals surface area (Å²) in [6, 6.07) is 22.0. The fraction of sp³-hybridized carbons (Fsp3) is 0.463. The molecule has 0 bridgehead atoms. The second-order valence-corrected chi connectivity index (χ2v) is 14.8. The van der Waals surface area contributed by atoms with E-state index in [-0.39, 0.29) is 47.5 Å². The van der Waals surface area contributed by atoms with Crippen LogP contribution < -0.4 is 0 Å². The van der Waals surface area contributed by atoms with Crippen LogP contribution in [-0.2, 0) is 20.8 Å². The van der Waals surface area contributed by atoms with E-state index in [1.54, 1.807) is 11.0 Å². The van der Waals surface area contributed by atoms with Crippen molar-refractivity contribution >= 4 is 35.8 Å². The largest absolute Gasteiger partial charge is 0.507 e. The lowest BCUT2D eigenvalue weighted by Crippen LogP contribution is -2.48. The van der Waals surface area contributed by atoms with E-state index in [2.05, 4.69) is 56.0 Å². The standard InChI is InChI=1S/C41H49BN2O5/c1-4-27(22-29-15-16-36(45)32-13-9-8-12-31(29)32)14-17-37-38-33(26(2)3)23-34-39(35(38)24-42(48)49-37)41(47)44(40(34)46)30-18-20-43(21-19-30)25-28-10-6-5-7-11-28/h5-13,15-16,22,26,30,34-35,37,39,45,48H,4,14,17-21,23-25H2,1-3H3/b27-22+/t34-,35+,37-,39-/m1/s1. The maximum atomic E-state index is 14.3. The number of carbonyl (C=O) groups excluding carboxylic acids is 2. The SMILES string of the molecule is CC/C(=C\c1ccc(O)c2ccccc12)CC[C@H]1OB(O)C[C@H]2C1=C(C(C)C)C[C@H]1C(=O)N(C3CCN(Cc4ccccc4)CC3)C(=O)[C@H]12. The molecule has 3 fully saturated rings. The van der Waals surface area contributed by atoms with E-state index >= 15 is 0 Å². The molecule has 3 heterocycles. The van der Waals surface area contributed by atoms with Gasteiger partial charge in [-0.25, -0.2) is 0 Å². The zero-order valence-electron chi connectivity index (χ0n) is 29.1. The first kappa shape index (κ1) is 33.8. The molecule has 8 heteroatoms. The number of likely N-dealkylation sites (tertiary alicyclic amines) is 2. The summed E-state index contributed by atoms with van der Waals surface area (Å²) in [5, 5.41) is 23.3. The maximum absolute atomic E-state index is 14.3. The highest BCUT2D eigenvalue weighted by molar-refractivity contribution is 6.43. The van der Waals surface area contributed by atoms with Gasteiger partial charge in [-0.3, -0.25) is 19.4 Å². The first-order valence-electron chi connectivity index (χ1n) is 18.3. The van der Waals surface area contributed by atoms with Gasteiger partial charge in [0.05, 0.1) is 17.9 Å². The van der Waals surface area contributed by atoms with Gasteiger partial charge in [-0.05, 0) is 84.8 Å². The Labute approximate surface area is 290 Å². The van der Waals surface area contributed by atoms with Crippen LogP contribution in [0.15, 0.2) is 83.4 Å². The van der Waals surface area contributed by atoms with Crippen molar-refractivity contribution in [2.75, 3.05) is 13.1 Å². The summed E-state index contributed by atoms with van der Waals surface area (Å²) in [5.74, 6) is -0.551. The van der Waals surface area contributed by atoms with E-state index in [4.69, 9.17) is 4.65 Å². The molecule has 3 aromatic rings. The Kier molecular flexibility index (Phi) is 9.83. The van der Waals surface area contributed by atoms with Gasteiger partial charge in [-0.2, -0.15) is 0 Å². The Morgan fingerprint density at radius 2 is 1.67 bits per heavy atom. The number of rotatable bonds is 9. The quantitative estimate of drug-likeness (QED) is 0.143. The van der Waals surface area contributed by atoms with E-state index < -0.39 is 13.0 Å². The van der Waals surface area contributed by atoms with E-state index in [1.165, 1.54) is 16.7 Å². The topological polar surface area (TPSA) is 90.3 Å². The summed E-state index contributed by atoms with van der Waals surface area (Å²) < 4.78 is 6.30. The molecule has 0 aromatic heterocycles. The first-order chi connectivity index (χ1) is 23.7. The lowest BCUT2D eigenvalue weighted by molar-refractivity contribution is -0.144. The van der Waals surface area contributed by atoms with Gasteiger partial charge in [0.25, 0.3) is 0 Å². The van der Waals surface area contributed by atoms with E-state index in [1.807, 2.05) is 36.4 Å². The second-order valence-electron chi connectivity index (χ2n) is 14.8. The average molecular weight is 661 g/mol. The van der Waals surface area contributed by atoms with Gasteiger partial charge < -0.3 is 14.8 Å². The number of hydrogen-bond donors (Lipinski definition) is 2. The van der Waals surface area contributed by atoms with Crippen molar-refractivity contribution in [3.8, 4) is 5.75 Å². The number of phenols is 1. The fourth-order valence-corrected chi connectivity index (χ4v) is 9.13. The molecule has 0 unspecified atom stereocenters. The zero-order chi connectivity index (χ0) is 34.2. The van der Waals surface area contributed by atoms with Crippen molar-refractivity contribution < 1.29 is 24.4 Å². The lowest BCUT2D eigenvalue weighted by atomic mass is 9.57. The van der Waals surface area contributed by atoms with Crippen LogP contribution in [0.2, 0.25) is 6.32 Å². The lowest BCUT2D eigenvalue weighted by Gasteiger charge is -2.44. The average Bonchev–Trinajstić information content (AvgIpc) is 3.36. The Morgan fingerprint density at radius 3 is 2.39 bits per heavy atom. The summed E-state index contributed by atoms with van der Waals surface area (Å²) in [6.07, 6.45) is 6.77. The molecule has 49 heavy (non-hydrogen) atoms. The van der Waals surface area contributed by atoms with Crippen LogP contribution in [0.5, 0.6) is 5.75 Å². The van der Waals surface area contributed by atoms with Gasteiger partial charge in [0.15, 0.2) is 0 Å². The molecular formula is C41H49BN2O5. The van der Waals surface area contributed by atoms with Crippen molar-refractivity contribution in [3.63, 3.8) is 0 Å². The normalized spacial score (nSPS) is 25.4. The number of carbonyl (C=O) groups is 2. The molecule has 0 radical (unpaired) electrons. The molecule has 2 amide bonds. The highest BCUT2D eigenvalue weighted by Crippen LogP contribution is 2.52. The molecular weight excluding hydrogens is 611 g/mol. The molecule has 256 valence electrons. The van der Waals surface area contributed by atoms with Crippen LogP contribution in [-0.4, -0.2) is 64.1 Å². The number of imide groups is 1. The minimum absolute atomic E-state index is 0.0106. The molecule has 4 aliphatic rings. The molecule has 2 N–H and O–H groups in total. The Balaban J connectivity index is 1.10. The van der Waals surface area contributed by atoms with Crippen molar-refractivity contribution in [2.24, 2.45) is 23.7 Å². The minimum atomic E-state index is -0.973. The van der Waals surface area contributed by atoms with Crippen LogP contribution >= 0.6 is 0 Å². The molecule has 0 spiro atoms. The highest BCUT2D eigenvalue weighted by atomic mass is 16.5. The van der Waals surface area contributed by atoms with Crippen LogP contribution in [0, 0.1) is 23.7 Å². The number of amides is 2. The Morgan fingerprint density at radius 1 is 0.959 bits per heavy atom. The number of nitrogens with zero attached hydrogens (tertiary/aromatic N) is 2. The van der Waals surface area contributed by atoms with Crippen LogP contribution in [0.4, 0.5) is 0 Å². The minimum Gasteiger partial charge on any atom is -0.507 e. The number of piperidine rings is 1. The maximum Gasteiger partial charge on any atom is 0.455 e. The van der Waals surface area contributed by atoms with Crippen molar-refractivity contribution in [1.29, 1.82) is 0 Å². The molecule has 0 saturated carbocycles. The number of phenolic OH excluding ortho intramolecular Hbond substituents is 1. The monoisotopic (exact) mass is 660 g/mol. The first-order valence-corrected chi connectivity index (χ1v) is 18.3. The molecule has 7 nitrogen and oxygen atoms in total. The third kappa shape index (κ3) is 6.63. The van der Waals surface area contributed by atoms with Crippen molar-refractivity contribution in [3.05, 3.63) is 94.6 Å². The van der Waals surface area contributed by atoms with Crippen LogP contribution in [0.25, 0.3) is 16.8 Å². The van der Waals surface area contributed by atoms with Gasteiger partial charge in [-0.1, -0.05) is 98.7 Å². The summed E-state index contributed by atoms with van der Waals surface area (Å²) in [6.45, 7) is 9.11. The van der Waals surface area contributed by atoms with Gasteiger partial charge in [-0.15, -0.1) is 0 Å². The molecule has 7 rings (SSSR count). The predicted octanol–water partition coefficient (Wildman–Crippen LogP) is 7.24. The van der Waals surface area contributed by atoms with E-state index in [0.29, 0.717) is 19.2 Å². The summed E-state index contributed by atoms with van der Waals surface area (Å²) in [5.41, 5.74) is 6.00. The summed E-state index contributed by atoms with van der Waals surface area (Å²) >= 11 is 0. The van der Waals surface area contributed by atoms with Crippen LogP contribution in [0.3, 0.4) is 0 Å². The Bertz CT molecular complexity index is 1760. The number of benzene rings is 3. The summed E-state index contributed by atoms with van der Waals surface area (Å²) in [4.78, 5) is 32.5. The number of hydrogen-bond acceptors (Lipinski definition) is 6. The smallest absolute Gasteiger partial charge is 0.455 e. The third-order valence-electron chi connectivity index (χ3n) is 11.6. The molecule has 3 aliphatic heterocycles. The molecule has 4 atom stereocenters. The number of aromatic hydroxyl groups is 1. The van der Waals surface area contributed by atoms with Gasteiger partial charge in [0.1, 0.15) is 5.75 Å². The molecule has 3 saturated heterocycles. The highest BCUT2D eigenvalue weighted by Gasteiger charge is 2.58. The molecule has 1 aliphatic carbocycles. The van der Waals surface area contributed by atoms with Crippen molar-refractivity contribution in [2.45, 2.75) is 84.3 Å². The van der Waals surface area contributed by atoms with Gasteiger partial charge in [0.2, 0.25) is 11.8 Å².